The van der Waals surface area contributed by atoms with E-state index in [0.717, 1.165) is 29.7 Å². The number of aliphatic hydroxyl groups excluding tert-OH is 1. The van der Waals surface area contributed by atoms with Crippen LogP contribution in [0.4, 0.5) is 11.6 Å². The Hall–Kier alpha value is -4.22. The number of aliphatic hydroxyl groups is 1. The zero-order valence-corrected chi connectivity index (χ0v) is 17.8. The van der Waals surface area contributed by atoms with Crippen LogP contribution in [0.1, 0.15) is 28.8 Å². The summed E-state index contributed by atoms with van der Waals surface area (Å²) in [5.41, 5.74) is 4.51. The molecule has 1 unspecified atom stereocenters. The third-order valence-electron chi connectivity index (χ3n) is 5.76. The number of hydrogen-bond donors (Lipinski definition) is 2. The van der Waals surface area contributed by atoms with E-state index >= 15 is 0 Å². The van der Waals surface area contributed by atoms with Crippen LogP contribution in [0.15, 0.2) is 66.9 Å². The summed E-state index contributed by atoms with van der Waals surface area (Å²) in [6.45, 7) is 1.05. The first-order valence-corrected chi connectivity index (χ1v) is 10.8. The number of nitrogens with one attached hydrogen (secondary N) is 1. The van der Waals surface area contributed by atoms with Crippen LogP contribution in [0, 0.1) is 11.3 Å². The highest BCUT2D eigenvalue weighted by molar-refractivity contribution is 5.94. The molecule has 0 saturated carbocycles. The Bertz CT molecular complexity index is 1340. The molecule has 1 atom stereocenters. The number of β-amino-alcohol motifs (C(OH)–C–C–N with tert-alkyl or cyclic N) is 1. The van der Waals surface area contributed by atoms with E-state index in [4.69, 9.17) is 5.26 Å². The summed E-state index contributed by atoms with van der Waals surface area (Å²) in [5, 5.41) is 26.5. The van der Waals surface area contributed by atoms with Gasteiger partial charge in [0.2, 0.25) is 5.95 Å². The summed E-state index contributed by atoms with van der Waals surface area (Å²) >= 11 is 0. The zero-order valence-electron chi connectivity index (χ0n) is 17.8. The second kappa shape index (κ2) is 8.73. The van der Waals surface area contributed by atoms with Gasteiger partial charge in [-0.1, -0.05) is 12.1 Å². The van der Waals surface area contributed by atoms with Gasteiger partial charge in [0.05, 0.1) is 17.7 Å². The van der Waals surface area contributed by atoms with Gasteiger partial charge in [-0.15, -0.1) is 5.10 Å². The van der Waals surface area contributed by atoms with Crippen molar-refractivity contribution < 1.29 is 9.90 Å². The molecule has 33 heavy (non-hydrogen) atoms. The zero-order chi connectivity index (χ0) is 22.8. The van der Waals surface area contributed by atoms with Gasteiger partial charge in [0, 0.05) is 36.1 Å². The number of benzene rings is 2. The summed E-state index contributed by atoms with van der Waals surface area (Å²) in [6, 6.07) is 20.5. The maximum Gasteiger partial charge on any atom is 0.253 e. The lowest BCUT2D eigenvalue weighted by atomic mass is 10.1. The van der Waals surface area contributed by atoms with Crippen LogP contribution in [-0.2, 0) is 0 Å². The van der Waals surface area contributed by atoms with E-state index in [2.05, 4.69) is 21.5 Å². The third-order valence-corrected chi connectivity index (χ3v) is 5.76. The highest BCUT2D eigenvalue weighted by Gasteiger charge is 2.23. The Balaban J connectivity index is 1.35. The van der Waals surface area contributed by atoms with Gasteiger partial charge >= 0.3 is 0 Å². The minimum Gasteiger partial charge on any atom is -0.391 e. The van der Waals surface area contributed by atoms with Crippen molar-refractivity contribution >= 4 is 23.2 Å². The van der Waals surface area contributed by atoms with Gasteiger partial charge in [-0.3, -0.25) is 4.79 Å². The summed E-state index contributed by atoms with van der Waals surface area (Å²) in [5.74, 6) is 0.368. The van der Waals surface area contributed by atoms with Crippen LogP contribution in [-0.4, -0.2) is 49.7 Å². The van der Waals surface area contributed by atoms with Crippen LogP contribution in [0.3, 0.4) is 0 Å². The third kappa shape index (κ3) is 4.27. The average Bonchev–Trinajstić information content (AvgIpc) is 3.26. The molecule has 0 aliphatic carbocycles. The van der Waals surface area contributed by atoms with Gasteiger partial charge < -0.3 is 15.3 Å². The first kappa shape index (κ1) is 20.7. The molecule has 1 aliphatic heterocycles. The number of fused-ring (bicyclic) bond motifs is 1. The molecule has 3 heterocycles. The lowest BCUT2D eigenvalue weighted by Crippen LogP contribution is -2.42. The average molecular weight is 438 g/mol. The molecule has 8 nitrogen and oxygen atoms in total. The van der Waals surface area contributed by atoms with Gasteiger partial charge in [0.1, 0.15) is 0 Å². The fourth-order valence-electron chi connectivity index (χ4n) is 4.06. The predicted octanol–water partition coefficient (Wildman–Crippen LogP) is 3.61. The van der Waals surface area contributed by atoms with E-state index in [1.165, 1.54) is 0 Å². The van der Waals surface area contributed by atoms with E-state index < -0.39 is 6.10 Å². The minimum absolute atomic E-state index is 0.0711. The van der Waals surface area contributed by atoms with Gasteiger partial charge in [-0.2, -0.15) is 10.2 Å². The molecule has 2 aromatic heterocycles. The smallest absolute Gasteiger partial charge is 0.253 e. The molecule has 164 valence electrons. The van der Waals surface area contributed by atoms with Crippen LogP contribution in [0.25, 0.3) is 16.8 Å². The Kier molecular flexibility index (Phi) is 5.47. The number of carbonyl (C=O) groups is 1. The van der Waals surface area contributed by atoms with Crippen molar-refractivity contribution in [1.29, 1.82) is 5.26 Å². The monoisotopic (exact) mass is 438 g/mol. The quantitative estimate of drug-likeness (QED) is 0.504. The molecular weight excluding hydrogens is 416 g/mol. The van der Waals surface area contributed by atoms with Crippen molar-refractivity contribution in [3.8, 4) is 17.2 Å². The van der Waals surface area contributed by atoms with Crippen molar-refractivity contribution in [3.05, 3.63) is 78.0 Å². The lowest BCUT2D eigenvalue weighted by molar-refractivity contribution is 0.0474. The molecule has 5 rings (SSSR count). The fraction of sp³-hybridized carbons (Fsp3) is 0.200. The highest BCUT2D eigenvalue weighted by atomic mass is 16.3. The molecule has 2 N–H and O–H groups in total. The molecule has 0 spiro atoms. The normalized spacial score (nSPS) is 15.9. The number of hydrogen-bond acceptors (Lipinski definition) is 6. The van der Waals surface area contributed by atoms with Gasteiger partial charge in [-0.05, 0) is 66.9 Å². The van der Waals surface area contributed by atoms with Crippen LogP contribution < -0.4 is 5.32 Å². The maximum absolute atomic E-state index is 12.7. The molecule has 0 bridgehead atoms. The topological polar surface area (TPSA) is 107 Å². The van der Waals surface area contributed by atoms with Crippen molar-refractivity contribution in [1.82, 2.24) is 19.5 Å². The SMILES string of the molecule is N#Cc1ccc(-c2cccn3nc(Nc4ccc(C(=O)N5CCCC(O)C5)cc4)nc23)cc1. The fourth-order valence-corrected chi connectivity index (χ4v) is 4.06. The second-order valence-electron chi connectivity index (χ2n) is 8.06. The molecule has 1 amide bonds. The van der Waals surface area contributed by atoms with Gasteiger partial charge in [0.15, 0.2) is 5.65 Å². The largest absolute Gasteiger partial charge is 0.391 e. The Morgan fingerprint density at radius 2 is 1.91 bits per heavy atom. The molecule has 4 aromatic rings. The second-order valence-corrected chi connectivity index (χ2v) is 8.06. The molecule has 1 fully saturated rings. The summed E-state index contributed by atoms with van der Waals surface area (Å²) < 4.78 is 1.70. The number of nitrogens with zero attached hydrogens (tertiary/aromatic N) is 5. The number of piperidine rings is 1. The first-order chi connectivity index (χ1) is 16.1. The van der Waals surface area contributed by atoms with E-state index in [0.29, 0.717) is 35.8 Å². The van der Waals surface area contributed by atoms with E-state index in [9.17, 15) is 9.90 Å². The standard InChI is InChI=1S/C25H22N6O2/c26-15-17-5-7-18(8-6-17)22-4-2-14-31-23(22)28-25(29-31)27-20-11-9-19(10-12-20)24(33)30-13-1-3-21(32)16-30/h2,4-12,14,21,32H,1,3,13,16H2,(H,27,29). The van der Waals surface area contributed by atoms with Crippen LogP contribution in [0.2, 0.25) is 0 Å². The van der Waals surface area contributed by atoms with Crippen molar-refractivity contribution in [2.24, 2.45) is 0 Å². The molecule has 8 heteroatoms. The predicted molar refractivity (Wildman–Crippen MR) is 124 cm³/mol. The maximum atomic E-state index is 12.7. The van der Waals surface area contributed by atoms with Crippen molar-refractivity contribution in [2.45, 2.75) is 18.9 Å². The van der Waals surface area contributed by atoms with E-state index in [1.54, 1.807) is 33.7 Å². The highest BCUT2D eigenvalue weighted by Crippen LogP contribution is 2.25. The van der Waals surface area contributed by atoms with Crippen LogP contribution >= 0.6 is 0 Å². The molecule has 1 aliphatic rings. The van der Waals surface area contributed by atoms with Crippen molar-refractivity contribution in [2.75, 3.05) is 18.4 Å². The molecular formula is C25H22N6O2. The van der Waals surface area contributed by atoms with E-state index in [1.807, 2.05) is 42.6 Å². The summed E-state index contributed by atoms with van der Waals surface area (Å²) in [4.78, 5) is 19.0. The van der Waals surface area contributed by atoms with Crippen molar-refractivity contribution in [3.63, 3.8) is 0 Å². The number of amides is 1. The lowest BCUT2D eigenvalue weighted by Gasteiger charge is -2.30. The molecule has 2 aromatic carbocycles. The molecule has 1 saturated heterocycles. The number of pyridine rings is 1. The number of rotatable bonds is 4. The van der Waals surface area contributed by atoms with Gasteiger partial charge in [0.25, 0.3) is 5.91 Å². The van der Waals surface area contributed by atoms with Gasteiger partial charge in [-0.25, -0.2) is 4.52 Å². The Labute approximate surface area is 190 Å². The summed E-state index contributed by atoms with van der Waals surface area (Å²) in [6.07, 6.45) is 2.94. The molecule has 0 radical (unpaired) electrons. The summed E-state index contributed by atoms with van der Waals surface area (Å²) in [7, 11) is 0. The number of anilines is 2. The Morgan fingerprint density at radius 1 is 1.12 bits per heavy atom. The Morgan fingerprint density at radius 3 is 2.64 bits per heavy atom. The number of nitriles is 1. The number of aromatic nitrogens is 3. The number of carbonyl (C=O) groups excluding carboxylic acids is 1. The first-order valence-electron chi connectivity index (χ1n) is 10.8. The number of likely N-dealkylation sites (tertiary alicyclic amines) is 1. The minimum atomic E-state index is -0.445. The van der Waals surface area contributed by atoms with E-state index in [-0.39, 0.29) is 5.91 Å². The van der Waals surface area contributed by atoms with Crippen LogP contribution in [0.5, 0.6) is 0 Å².